The molecule has 1 saturated heterocycles. The molecule has 0 saturated carbocycles. The summed E-state index contributed by atoms with van der Waals surface area (Å²) in [5, 5.41) is 19.0. The van der Waals surface area contributed by atoms with Crippen LogP contribution in [0.4, 0.5) is 14.9 Å². The maximum Gasteiger partial charge on any atom is 0.407 e. The standard InChI is InChI=1S/C15H11BrClFN4O2/c16-11-10(17)5-9-13(12(11)18)20-7-8(6-19)14(9)21-1-3-22(4-2-21)15(23)24/h5,7H,1-4H2,(H,23,24). The summed E-state index contributed by atoms with van der Waals surface area (Å²) in [7, 11) is 0. The molecule has 1 fully saturated rings. The number of benzene rings is 1. The minimum Gasteiger partial charge on any atom is -0.465 e. The van der Waals surface area contributed by atoms with Crippen molar-refractivity contribution in [2.24, 2.45) is 0 Å². The Kier molecular flexibility index (Phi) is 4.47. The van der Waals surface area contributed by atoms with Crippen molar-refractivity contribution in [3.05, 3.63) is 33.1 Å². The van der Waals surface area contributed by atoms with Gasteiger partial charge in [0.1, 0.15) is 11.6 Å². The molecule has 1 aliphatic heterocycles. The molecule has 2 aromatic rings. The van der Waals surface area contributed by atoms with Gasteiger partial charge in [0.25, 0.3) is 0 Å². The number of nitriles is 1. The van der Waals surface area contributed by atoms with Crippen LogP contribution in [0.5, 0.6) is 0 Å². The quantitative estimate of drug-likeness (QED) is 0.724. The van der Waals surface area contributed by atoms with E-state index in [-0.39, 0.29) is 15.0 Å². The Morgan fingerprint density at radius 2 is 2.08 bits per heavy atom. The SMILES string of the molecule is N#Cc1cnc2c(F)c(Br)c(Cl)cc2c1N1CCN(C(=O)O)CC1. The van der Waals surface area contributed by atoms with E-state index in [1.165, 1.54) is 11.1 Å². The average Bonchev–Trinajstić information content (AvgIpc) is 2.59. The molecule has 0 bridgehead atoms. The molecular weight excluding hydrogens is 403 g/mol. The predicted octanol–water partition coefficient (Wildman–Crippen LogP) is 3.46. The zero-order chi connectivity index (χ0) is 17.4. The van der Waals surface area contributed by atoms with Gasteiger partial charge in [0, 0.05) is 37.8 Å². The summed E-state index contributed by atoms with van der Waals surface area (Å²) in [6, 6.07) is 3.63. The number of hydrogen-bond acceptors (Lipinski definition) is 4. The van der Waals surface area contributed by atoms with Crippen LogP contribution in [0.25, 0.3) is 10.9 Å². The lowest BCUT2D eigenvalue weighted by molar-refractivity contribution is 0.142. The highest BCUT2D eigenvalue weighted by molar-refractivity contribution is 9.10. The first kappa shape index (κ1) is 16.7. The lowest BCUT2D eigenvalue weighted by Crippen LogP contribution is -2.48. The van der Waals surface area contributed by atoms with Crippen LogP contribution in [0.1, 0.15) is 5.56 Å². The third-order valence-electron chi connectivity index (χ3n) is 3.96. The van der Waals surface area contributed by atoms with Crippen molar-refractivity contribution in [1.29, 1.82) is 5.26 Å². The molecular formula is C15H11BrClFN4O2. The van der Waals surface area contributed by atoms with Gasteiger partial charge in [0.05, 0.1) is 20.7 Å². The second-order valence-corrected chi connectivity index (χ2v) is 6.47. The van der Waals surface area contributed by atoms with Crippen molar-refractivity contribution in [3.8, 4) is 6.07 Å². The summed E-state index contributed by atoms with van der Waals surface area (Å²) in [4.78, 5) is 18.2. The molecule has 124 valence electrons. The monoisotopic (exact) mass is 412 g/mol. The maximum absolute atomic E-state index is 14.4. The van der Waals surface area contributed by atoms with Gasteiger partial charge < -0.3 is 14.9 Å². The van der Waals surface area contributed by atoms with Gasteiger partial charge >= 0.3 is 6.09 Å². The number of hydrogen-bond donors (Lipinski definition) is 1. The van der Waals surface area contributed by atoms with Crippen LogP contribution in [-0.2, 0) is 0 Å². The first-order valence-electron chi connectivity index (χ1n) is 7.03. The molecule has 0 atom stereocenters. The number of halogens is 3. The van der Waals surface area contributed by atoms with E-state index in [1.807, 2.05) is 4.90 Å². The predicted molar refractivity (Wildman–Crippen MR) is 90.9 cm³/mol. The van der Waals surface area contributed by atoms with Gasteiger partial charge in [-0.15, -0.1) is 0 Å². The zero-order valence-electron chi connectivity index (χ0n) is 12.3. The van der Waals surface area contributed by atoms with Gasteiger partial charge in [-0.3, -0.25) is 4.98 Å². The fraction of sp³-hybridized carbons (Fsp3) is 0.267. The van der Waals surface area contributed by atoms with Crippen LogP contribution >= 0.6 is 27.5 Å². The lowest BCUT2D eigenvalue weighted by atomic mass is 10.1. The van der Waals surface area contributed by atoms with Gasteiger partial charge in [-0.05, 0) is 22.0 Å². The van der Waals surface area contributed by atoms with Crippen LogP contribution < -0.4 is 4.90 Å². The number of carbonyl (C=O) groups is 1. The van der Waals surface area contributed by atoms with Gasteiger partial charge in [-0.1, -0.05) is 11.6 Å². The highest BCUT2D eigenvalue weighted by Gasteiger charge is 2.25. The van der Waals surface area contributed by atoms with Crippen molar-refractivity contribution in [2.75, 3.05) is 31.1 Å². The van der Waals surface area contributed by atoms with Crippen LogP contribution in [0, 0.1) is 17.1 Å². The van der Waals surface area contributed by atoms with Crippen molar-refractivity contribution in [1.82, 2.24) is 9.88 Å². The summed E-state index contributed by atoms with van der Waals surface area (Å²) in [5.41, 5.74) is 0.936. The molecule has 1 N–H and O–H groups in total. The van der Waals surface area contributed by atoms with E-state index in [0.717, 1.165) is 0 Å². The Hall–Kier alpha value is -2.11. The van der Waals surface area contributed by atoms with Crippen LogP contribution in [0.3, 0.4) is 0 Å². The first-order chi connectivity index (χ1) is 11.4. The maximum atomic E-state index is 14.4. The van der Waals surface area contributed by atoms with Gasteiger partial charge in [-0.2, -0.15) is 5.26 Å². The largest absolute Gasteiger partial charge is 0.465 e. The number of pyridine rings is 1. The first-order valence-corrected chi connectivity index (χ1v) is 8.20. The van der Waals surface area contributed by atoms with E-state index in [4.69, 9.17) is 16.7 Å². The fourth-order valence-electron chi connectivity index (χ4n) is 2.77. The van der Waals surface area contributed by atoms with Crippen molar-refractivity contribution >= 4 is 50.2 Å². The number of anilines is 1. The second kappa shape index (κ2) is 6.42. The molecule has 0 unspecified atom stereocenters. The molecule has 9 heteroatoms. The van der Waals surface area contributed by atoms with E-state index in [0.29, 0.717) is 42.8 Å². The number of piperazine rings is 1. The van der Waals surface area contributed by atoms with Crippen LogP contribution in [-0.4, -0.2) is 47.3 Å². The normalized spacial score (nSPS) is 14.8. The molecule has 0 spiro atoms. The number of amides is 1. The molecule has 1 aromatic carbocycles. The van der Waals surface area contributed by atoms with E-state index in [2.05, 4.69) is 27.0 Å². The molecule has 0 radical (unpaired) electrons. The number of rotatable bonds is 1. The number of carboxylic acid groups (broad SMARTS) is 1. The molecule has 1 amide bonds. The second-order valence-electron chi connectivity index (χ2n) is 5.27. The minimum atomic E-state index is -0.979. The molecule has 1 aromatic heterocycles. The zero-order valence-corrected chi connectivity index (χ0v) is 14.6. The highest BCUT2D eigenvalue weighted by Crippen LogP contribution is 2.37. The lowest BCUT2D eigenvalue weighted by Gasteiger charge is -2.35. The smallest absolute Gasteiger partial charge is 0.407 e. The van der Waals surface area contributed by atoms with Crippen LogP contribution in [0.2, 0.25) is 5.02 Å². The molecule has 2 heterocycles. The summed E-state index contributed by atoms with van der Waals surface area (Å²) >= 11 is 9.14. The molecule has 0 aliphatic carbocycles. The van der Waals surface area contributed by atoms with E-state index < -0.39 is 11.9 Å². The van der Waals surface area contributed by atoms with Gasteiger partial charge in [0.15, 0.2) is 5.82 Å². The topological polar surface area (TPSA) is 80.5 Å². The van der Waals surface area contributed by atoms with Crippen molar-refractivity contribution in [2.45, 2.75) is 0 Å². The summed E-state index contributed by atoms with van der Waals surface area (Å²) in [5.74, 6) is -0.590. The highest BCUT2D eigenvalue weighted by atomic mass is 79.9. The van der Waals surface area contributed by atoms with Crippen molar-refractivity contribution < 1.29 is 14.3 Å². The van der Waals surface area contributed by atoms with E-state index in [1.54, 1.807) is 6.07 Å². The third-order valence-corrected chi connectivity index (χ3v) is 5.26. The van der Waals surface area contributed by atoms with Crippen molar-refractivity contribution in [3.63, 3.8) is 0 Å². The minimum absolute atomic E-state index is 0.112. The summed E-state index contributed by atoms with van der Waals surface area (Å²) in [6.07, 6.45) is 0.345. The Morgan fingerprint density at radius 3 is 2.67 bits per heavy atom. The summed E-state index contributed by atoms with van der Waals surface area (Å²) < 4.78 is 14.5. The molecule has 1 aliphatic rings. The Bertz CT molecular complexity index is 878. The number of fused-ring (bicyclic) bond motifs is 1. The summed E-state index contributed by atoms with van der Waals surface area (Å²) in [6.45, 7) is 1.40. The fourth-order valence-corrected chi connectivity index (χ4v) is 3.27. The Morgan fingerprint density at radius 1 is 1.42 bits per heavy atom. The van der Waals surface area contributed by atoms with E-state index in [9.17, 15) is 14.4 Å². The van der Waals surface area contributed by atoms with Gasteiger partial charge in [0.2, 0.25) is 0 Å². The molecule has 24 heavy (non-hydrogen) atoms. The molecule has 3 rings (SSSR count). The molecule has 6 nitrogen and oxygen atoms in total. The van der Waals surface area contributed by atoms with E-state index >= 15 is 0 Å². The van der Waals surface area contributed by atoms with Crippen LogP contribution in [0.15, 0.2) is 16.7 Å². The number of aromatic nitrogens is 1. The van der Waals surface area contributed by atoms with Gasteiger partial charge in [-0.25, -0.2) is 9.18 Å². The number of nitrogens with zero attached hydrogens (tertiary/aromatic N) is 4. The third kappa shape index (κ3) is 2.74. The Labute approximate surface area is 150 Å². The average molecular weight is 414 g/mol. The Balaban J connectivity index is 2.13.